The van der Waals surface area contributed by atoms with Crippen LogP contribution < -0.4 is 0 Å². The van der Waals surface area contributed by atoms with Crippen LogP contribution in [-0.2, 0) is 20.8 Å². The lowest BCUT2D eigenvalue weighted by Gasteiger charge is -2.10. The third kappa shape index (κ3) is 2.58. The first-order valence-corrected chi connectivity index (χ1v) is 4.99. The Morgan fingerprint density at radius 1 is 1.39 bits per heavy atom. The van der Waals surface area contributed by atoms with Gasteiger partial charge in [0.15, 0.2) is 0 Å². The Balaban J connectivity index is 3.10. The molecule has 0 fully saturated rings. The van der Waals surface area contributed by atoms with Crippen LogP contribution >= 0.6 is 0 Å². The summed E-state index contributed by atoms with van der Waals surface area (Å²) in [7, 11) is 2.47. The van der Waals surface area contributed by atoms with E-state index in [2.05, 4.69) is 16.1 Å². The lowest BCUT2D eigenvalue weighted by molar-refractivity contribution is -0.136. The first-order valence-electron chi connectivity index (χ1n) is 4.99. The van der Waals surface area contributed by atoms with E-state index in [4.69, 9.17) is 5.26 Å². The first kappa shape index (κ1) is 13.5. The Morgan fingerprint density at radius 3 is 2.56 bits per heavy atom. The maximum atomic E-state index is 11.5. The third-order valence-electron chi connectivity index (χ3n) is 2.31. The second-order valence-corrected chi connectivity index (χ2v) is 3.39. The van der Waals surface area contributed by atoms with Crippen LogP contribution in [0, 0.1) is 11.3 Å². The highest BCUT2D eigenvalue weighted by molar-refractivity contribution is 5.89. The summed E-state index contributed by atoms with van der Waals surface area (Å²) >= 11 is 0. The smallest absolute Gasteiger partial charge is 0.354 e. The Bertz CT molecular complexity index is 537. The molecule has 0 aliphatic heterocycles. The molecular weight excluding hydrogens is 236 g/mol. The largest absolute Gasteiger partial charge is 0.466 e. The van der Waals surface area contributed by atoms with Crippen molar-refractivity contribution in [1.29, 1.82) is 5.26 Å². The van der Waals surface area contributed by atoms with Crippen molar-refractivity contribution >= 4 is 11.9 Å². The van der Waals surface area contributed by atoms with Crippen LogP contribution in [0.3, 0.4) is 0 Å². The van der Waals surface area contributed by atoms with Crippen LogP contribution in [0.1, 0.15) is 16.2 Å². The summed E-state index contributed by atoms with van der Waals surface area (Å²) in [6, 6.07) is 4.84. The number of ether oxygens (including phenoxy) is 2. The summed E-state index contributed by atoms with van der Waals surface area (Å²) in [6.45, 7) is 3.54. The minimum Gasteiger partial charge on any atom is -0.466 e. The second kappa shape index (κ2) is 5.68. The number of hydrogen-bond acceptors (Lipinski definition) is 5. The van der Waals surface area contributed by atoms with Gasteiger partial charge in [0.05, 0.1) is 20.8 Å². The summed E-state index contributed by atoms with van der Waals surface area (Å²) in [6.07, 6.45) is 0. The van der Waals surface area contributed by atoms with E-state index in [0.29, 0.717) is 0 Å². The number of esters is 2. The SMILES string of the molecule is C=C(Cn1c(C#N)ccc1C(=O)OC)C(=O)OC. The van der Waals surface area contributed by atoms with E-state index < -0.39 is 11.9 Å². The van der Waals surface area contributed by atoms with Crippen LogP contribution in [0.15, 0.2) is 24.3 Å². The van der Waals surface area contributed by atoms with Gasteiger partial charge in [0.2, 0.25) is 0 Å². The molecule has 0 aliphatic rings. The molecular formula is C12H12N2O4. The predicted octanol–water partition coefficient (Wildman–Crippen LogP) is 0.876. The van der Waals surface area contributed by atoms with Crippen molar-refractivity contribution in [3.63, 3.8) is 0 Å². The molecule has 0 aliphatic carbocycles. The van der Waals surface area contributed by atoms with E-state index >= 15 is 0 Å². The van der Waals surface area contributed by atoms with Crippen LogP contribution in [0.5, 0.6) is 0 Å². The Kier molecular flexibility index (Phi) is 4.27. The van der Waals surface area contributed by atoms with Crippen molar-refractivity contribution in [3.05, 3.63) is 35.7 Å². The molecule has 6 nitrogen and oxygen atoms in total. The van der Waals surface area contributed by atoms with E-state index in [0.717, 1.165) is 0 Å². The molecule has 0 saturated carbocycles. The molecule has 6 heteroatoms. The minimum absolute atomic E-state index is 0.00694. The number of nitrogens with zero attached hydrogens (tertiary/aromatic N) is 2. The highest BCUT2D eigenvalue weighted by Crippen LogP contribution is 2.12. The van der Waals surface area contributed by atoms with Gasteiger partial charge < -0.3 is 14.0 Å². The first-order chi connectivity index (χ1) is 8.54. The van der Waals surface area contributed by atoms with Gasteiger partial charge in [-0.1, -0.05) is 6.58 Å². The van der Waals surface area contributed by atoms with E-state index in [1.54, 1.807) is 0 Å². The molecule has 0 spiro atoms. The molecule has 0 amide bonds. The van der Waals surface area contributed by atoms with Crippen molar-refractivity contribution < 1.29 is 19.1 Å². The summed E-state index contributed by atoms with van der Waals surface area (Å²) in [5, 5.41) is 8.93. The molecule has 0 radical (unpaired) electrons. The van der Waals surface area contributed by atoms with Crippen molar-refractivity contribution in [1.82, 2.24) is 4.57 Å². The number of hydrogen-bond donors (Lipinski definition) is 0. The molecule has 94 valence electrons. The van der Waals surface area contributed by atoms with Gasteiger partial charge >= 0.3 is 11.9 Å². The van der Waals surface area contributed by atoms with E-state index in [9.17, 15) is 9.59 Å². The third-order valence-corrected chi connectivity index (χ3v) is 2.31. The van der Waals surface area contributed by atoms with Crippen LogP contribution in [-0.4, -0.2) is 30.7 Å². The van der Waals surface area contributed by atoms with Crippen molar-refractivity contribution in [2.75, 3.05) is 14.2 Å². The zero-order valence-corrected chi connectivity index (χ0v) is 10.1. The number of carbonyl (C=O) groups excluding carboxylic acids is 2. The fourth-order valence-electron chi connectivity index (χ4n) is 1.42. The molecule has 0 unspecified atom stereocenters. The topological polar surface area (TPSA) is 81.3 Å². The lowest BCUT2D eigenvalue weighted by Crippen LogP contribution is -2.16. The van der Waals surface area contributed by atoms with Gasteiger partial charge in [0.1, 0.15) is 17.5 Å². The quantitative estimate of drug-likeness (QED) is 0.583. The van der Waals surface area contributed by atoms with Gasteiger partial charge in [0, 0.05) is 5.57 Å². The van der Waals surface area contributed by atoms with Gasteiger partial charge in [-0.25, -0.2) is 9.59 Å². The van der Waals surface area contributed by atoms with Crippen molar-refractivity contribution in [2.45, 2.75) is 6.54 Å². The maximum absolute atomic E-state index is 11.5. The number of carbonyl (C=O) groups is 2. The zero-order chi connectivity index (χ0) is 13.7. The minimum atomic E-state index is -0.594. The van der Waals surface area contributed by atoms with Crippen LogP contribution in [0.4, 0.5) is 0 Å². The second-order valence-electron chi connectivity index (χ2n) is 3.39. The highest BCUT2D eigenvalue weighted by Gasteiger charge is 2.18. The van der Waals surface area contributed by atoms with Gasteiger partial charge in [0.25, 0.3) is 0 Å². The van der Waals surface area contributed by atoms with Gasteiger partial charge in [-0.2, -0.15) is 5.26 Å². The van der Waals surface area contributed by atoms with Crippen molar-refractivity contribution in [2.24, 2.45) is 0 Å². The normalized spacial score (nSPS) is 9.39. The monoisotopic (exact) mass is 248 g/mol. The fraction of sp³-hybridized carbons (Fsp3) is 0.250. The molecule has 0 N–H and O–H groups in total. The average molecular weight is 248 g/mol. The van der Waals surface area contributed by atoms with Gasteiger partial charge in [-0.3, -0.25) is 0 Å². The molecule has 1 aromatic heterocycles. The predicted molar refractivity (Wildman–Crippen MR) is 61.6 cm³/mol. The number of rotatable bonds is 4. The molecule has 1 aromatic rings. The zero-order valence-electron chi connectivity index (χ0n) is 10.1. The fourth-order valence-corrected chi connectivity index (χ4v) is 1.42. The maximum Gasteiger partial charge on any atom is 0.354 e. The molecule has 1 heterocycles. The van der Waals surface area contributed by atoms with E-state index in [-0.39, 0.29) is 23.5 Å². The number of methoxy groups -OCH3 is 2. The Labute approximate surface area is 104 Å². The average Bonchev–Trinajstić information content (AvgIpc) is 2.79. The molecule has 0 bridgehead atoms. The summed E-state index contributed by atoms with van der Waals surface area (Å²) in [4.78, 5) is 22.7. The molecule has 18 heavy (non-hydrogen) atoms. The molecule has 0 aromatic carbocycles. The summed E-state index contributed by atoms with van der Waals surface area (Å²) in [5.74, 6) is -1.18. The number of aromatic nitrogens is 1. The van der Waals surface area contributed by atoms with Crippen molar-refractivity contribution in [3.8, 4) is 6.07 Å². The highest BCUT2D eigenvalue weighted by atomic mass is 16.5. The Morgan fingerprint density at radius 2 is 2.06 bits per heavy atom. The molecule has 1 rings (SSSR count). The number of nitriles is 1. The van der Waals surface area contributed by atoms with E-state index in [1.807, 2.05) is 6.07 Å². The summed E-state index contributed by atoms with van der Waals surface area (Å²) < 4.78 is 10.5. The van der Waals surface area contributed by atoms with Crippen LogP contribution in [0.2, 0.25) is 0 Å². The van der Waals surface area contributed by atoms with Gasteiger partial charge in [-0.15, -0.1) is 0 Å². The van der Waals surface area contributed by atoms with E-state index in [1.165, 1.54) is 30.9 Å². The molecule has 0 saturated heterocycles. The lowest BCUT2D eigenvalue weighted by atomic mass is 10.3. The summed E-state index contributed by atoms with van der Waals surface area (Å²) in [5.41, 5.74) is 0.551. The van der Waals surface area contributed by atoms with Crippen LogP contribution in [0.25, 0.3) is 0 Å². The Hall–Kier alpha value is -2.55. The standard InChI is InChI=1S/C12H12N2O4/c1-8(11(15)17-2)7-14-9(6-13)4-5-10(14)12(16)18-3/h4-5H,1,7H2,2-3H3. The molecule has 0 atom stereocenters. The van der Waals surface area contributed by atoms with Gasteiger partial charge in [-0.05, 0) is 12.1 Å².